The lowest BCUT2D eigenvalue weighted by Crippen LogP contribution is -2.56. The van der Waals surface area contributed by atoms with Crippen LogP contribution in [0.4, 0.5) is 4.39 Å². The van der Waals surface area contributed by atoms with Crippen molar-refractivity contribution in [3.63, 3.8) is 0 Å². The van der Waals surface area contributed by atoms with Crippen LogP contribution in [0, 0.1) is 11.7 Å². The number of piperidine rings is 2. The second-order valence-corrected chi connectivity index (χ2v) is 6.81. The van der Waals surface area contributed by atoms with Crippen molar-refractivity contribution in [3.8, 4) is 0 Å². The summed E-state index contributed by atoms with van der Waals surface area (Å²) in [6, 6.07) is 6.72. The van der Waals surface area contributed by atoms with Gasteiger partial charge in [-0.05, 0) is 36.8 Å². The Balaban J connectivity index is 1.63. The molecule has 0 unspecified atom stereocenters. The highest BCUT2D eigenvalue weighted by molar-refractivity contribution is 5.79. The van der Waals surface area contributed by atoms with Crippen molar-refractivity contribution in [3.05, 3.63) is 35.6 Å². The van der Waals surface area contributed by atoms with Crippen LogP contribution in [0.5, 0.6) is 0 Å². The van der Waals surface area contributed by atoms with Crippen LogP contribution in [0.2, 0.25) is 0 Å². The van der Waals surface area contributed by atoms with Crippen molar-refractivity contribution in [2.75, 3.05) is 19.6 Å². The van der Waals surface area contributed by atoms with E-state index in [2.05, 4.69) is 0 Å². The van der Waals surface area contributed by atoms with Gasteiger partial charge in [0.1, 0.15) is 5.82 Å². The van der Waals surface area contributed by atoms with E-state index in [0.29, 0.717) is 31.0 Å². The lowest BCUT2D eigenvalue weighted by Gasteiger charge is -2.47. The van der Waals surface area contributed by atoms with Crippen LogP contribution in [-0.4, -0.2) is 47.3 Å². The van der Waals surface area contributed by atoms with Crippen molar-refractivity contribution < 1.29 is 14.0 Å². The predicted octanol–water partition coefficient (Wildman–Crippen LogP) is 2.62. The molecule has 0 N–H and O–H groups in total. The number of amides is 2. The van der Waals surface area contributed by atoms with Crippen molar-refractivity contribution in [1.82, 2.24) is 9.80 Å². The summed E-state index contributed by atoms with van der Waals surface area (Å²) in [5.74, 6) is 0.235. The summed E-state index contributed by atoms with van der Waals surface area (Å²) in [5.41, 5.74) is 0.455. The van der Waals surface area contributed by atoms with Crippen LogP contribution in [0.25, 0.3) is 0 Å². The smallest absolute Gasteiger partial charge is 0.227 e. The Morgan fingerprint density at radius 2 is 1.96 bits per heavy atom. The van der Waals surface area contributed by atoms with Crippen molar-refractivity contribution in [2.45, 2.75) is 45.1 Å². The van der Waals surface area contributed by atoms with Crippen LogP contribution in [0.1, 0.15) is 38.2 Å². The Labute approximate surface area is 142 Å². The summed E-state index contributed by atoms with van der Waals surface area (Å²) < 4.78 is 13.7. The van der Waals surface area contributed by atoms with E-state index in [9.17, 15) is 14.0 Å². The van der Waals surface area contributed by atoms with Crippen molar-refractivity contribution in [2.24, 2.45) is 5.92 Å². The Morgan fingerprint density at radius 1 is 1.17 bits per heavy atom. The number of fused-ring (bicyclic) bond motifs is 1. The average Bonchev–Trinajstić information content (AvgIpc) is 2.62. The van der Waals surface area contributed by atoms with Gasteiger partial charge in [-0.1, -0.05) is 25.1 Å². The highest BCUT2D eigenvalue weighted by atomic mass is 19.1. The van der Waals surface area contributed by atoms with E-state index in [1.165, 1.54) is 6.07 Å². The summed E-state index contributed by atoms with van der Waals surface area (Å²) in [7, 11) is 0. The molecular weight excluding hydrogens is 307 g/mol. The molecule has 2 saturated heterocycles. The highest BCUT2D eigenvalue weighted by Crippen LogP contribution is 2.31. The summed E-state index contributed by atoms with van der Waals surface area (Å²) in [5, 5.41) is 0. The number of halogens is 1. The zero-order chi connectivity index (χ0) is 17.1. The molecule has 2 aliphatic heterocycles. The molecule has 0 saturated carbocycles. The maximum absolute atomic E-state index is 13.7. The van der Waals surface area contributed by atoms with Gasteiger partial charge in [-0.2, -0.15) is 0 Å². The quantitative estimate of drug-likeness (QED) is 0.854. The molecule has 2 aliphatic rings. The van der Waals surface area contributed by atoms with Gasteiger partial charge in [-0.25, -0.2) is 4.39 Å². The van der Waals surface area contributed by atoms with Crippen molar-refractivity contribution >= 4 is 11.8 Å². The first-order valence-corrected chi connectivity index (χ1v) is 8.90. The minimum Gasteiger partial charge on any atom is -0.342 e. The van der Waals surface area contributed by atoms with Gasteiger partial charge in [-0.3, -0.25) is 9.59 Å². The second-order valence-electron chi connectivity index (χ2n) is 6.81. The molecule has 0 radical (unpaired) electrons. The first-order valence-electron chi connectivity index (χ1n) is 8.90. The van der Waals surface area contributed by atoms with Gasteiger partial charge in [0, 0.05) is 32.1 Å². The number of carbonyl (C=O) groups excluding carboxylic acids is 2. The summed E-state index contributed by atoms with van der Waals surface area (Å²) in [4.78, 5) is 28.5. The van der Waals surface area contributed by atoms with E-state index < -0.39 is 0 Å². The third-order valence-corrected chi connectivity index (χ3v) is 5.34. The number of nitrogens with zero attached hydrogens (tertiary/aromatic N) is 2. The fourth-order valence-electron chi connectivity index (χ4n) is 4.06. The van der Waals surface area contributed by atoms with Gasteiger partial charge in [0.15, 0.2) is 0 Å². The molecule has 0 spiro atoms. The standard InChI is InChI=1S/C19H25FN2O2/c1-2-18(23)22-10-5-7-15-13-21(11-9-17(15)22)19(24)12-14-6-3-4-8-16(14)20/h3-4,6,8,15,17H,2,5,7,9-13H2,1H3/t15-,17+/m1/s1. The monoisotopic (exact) mass is 332 g/mol. The number of hydrogen-bond donors (Lipinski definition) is 0. The zero-order valence-corrected chi connectivity index (χ0v) is 14.2. The molecule has 5 heteroatoms. The molecule has 0 bridgehead atoms. The van der Waals surface area contributed by atoms with Gasteiger partial charge >= 0.3 is 0 Å². The molecule has 2 heterocycles. The Kier molecular flexibility index (Phi) is 5.17. The molecule has 2 amide bonds. The van der Waals surface area contributed by atoms with Gasteiger partial charge in [-0.15, -0.1) is 0 Å². The molecule has 130 valence electrons. The van der Waals surface area contributed by atoms with Gasteiger partial charge in [0.2, 0.25) is 11.8 Å². The van der Waals surface area contributed by atoms with Crippen molar-refractivity contribution in [1.29, 1.82) is 0 Å². The van der Waals surface area contributed by atoms with Gasteiger partial charge in [0.05, 0.1) is 6.42 Å². The maximum atomic E-state index is 13.7. The van der Waals surface area contributed by atoms with Crippen LogP contribution in [-0.2, 0) is 16.0 Å². The topological polar surface area (TPSA) is 40.6 Å². The second kappa shape index (κ2) is 7.32. The Morgan fingerprint density at radius 3 is 2.71 bits per heavy atom. The van der Waals surface area contributed by atoms with E-state index in [1.807, 2.05) is 16.7 Å². The normalized spacial score (nSPS) is 23.8. The minimum absolute atomic E-state index is 0.0162. The minimum atomic E-state index is -0.321. The molecule has 1 aromatic carbocycles. The molecular formula is C19H25FN2O2. The highest BCUT2D eigenvalue weighted by Gasteiger charge is 2.38. The van der Waals surface area contributed by atoms with E-state index in [-0.39, 0.29) is 30.1 Å². The van der Waals surface area contributed by atoms with E-state index in [1.54, 1.807) is 18.2 Å². The lowest BCUT2D eigenvalue weighted by molar-refractivity contribution is -0.141. The van der Waals surface area contributed by atoms with E-state index in [0.717, 1.165) is 25.8 Å². The fourth-order valence-corrected chi connectivity index (χ4v) is 4.06. The zero-order valence-electron chi connectivity index (χ0n) is 14.2. The molecule has 4 nitrogen and oxygen atoms in total. The SMILES string of the molecule is CCC(=O)N1CCC[C@@H]2CN(C(=O)Cc3ccccc3F)CC[C@@H]21. The van der Waals surface area contributed by atoms with Gasteiger partial charge < -0.3 is 9.80 Å². The number of likely N-dealkylation sites (tertiary alicyclic amines) is 2. The molecule has 3 rings (SSSR count). The summed E-state index contributed by atoms with van der Waals surface area (Å²) in [6.07, 6.45) is 3.55. The Bertz CT molecular complexity index is 619. The fraction of sp³-hybridized carbons (Fsp3) is 0.579. The average molecular weight is 332 g/mol. The molecule has 0 aromatic heterocycles. The molecule has 2 atom stereocenters. The number of rotatable bonds is 3. The number of carbonyl (C=O) groups is 2. The maximum Gasteiger partial charge on any atom is 0.227 e. The number of benzene rings is 1. The third kappa shape index (κ3) is 3.45. The van der Waals surface area contributed by atoms with Crippen LogP contribution < -0.4 is 0 Å². The predicted molar refractivity (Wildman–Crippen MR) is 89.8 cm³/mol. The van der Waals surface area contributed by atoms with E-state index >= 15 is 0 Å². The summed E-state index contributed by atoms with van der Waals surface area (Å²) >= 11 is 0. The van der Waals surface area contributed by atoms with Crippen LogP contribution >= 0.6 is 0 Å². The molecule has 24 heavy (non-hydrogen) atoms. The largest absolute Gasteiger partial charge is 0.342 e. The third-order valence-electron chi connectivity index (χ3n) is 5.34. The molecule has 2 fully saturated rings. The first kappa shape index (κ1) is 16.9. The van der Waals surface area contributed by atoms with Crippen LogP contribution in [0.3, 0.4) is 0 Å². The van der Waals surface area contributed by atoms with Crippen LogP contribution in [0.15, 0.2) is 24.3 Å². The van der Waals surface area contributed by atoms with E-state index in [4.69, 9.17) is 0 Å². The summed E-state index contributed by atoms with van der Waals surface area (Å²) in [6.45, 7) is 4.09. The Hall–Kier alpha value is -1.91. The lowest BCUT2D eigenvalue weighted by atomic mass is 9.83. The first-order chi connectivity index (χ1) is 11.6. The molecule has 0 aliphatic carbocycles. The van der Waals surface area contributed by atoms with Gasteiger partial charge in [0.25, 0.3) is 0 Å². The molecule has 1 aromatic rings. The number of hydrogen-bond acceptors (Lipinski definition) is 2.